The van der Waals surface area contributed by atoms with Gasteiger partial charge in [-0.1, -0.05) is 71.1 Å². The van der Waals surface area contributed by atoms with Crippen molar-refractivity contribution >= 4 is 35.2 Å². The summed E-state index contributed by atoms with van der Waals surface area (Å²) in [5.74, 6) is -8.48. The molecular formula is C59H92N2O16. The molecule has 4 heterocycles. The van der Waals surface area contributed by atoms with E-state index in [-0.39, 0.29) is 86.6 Å². The molecule has 4 aliphatic heterocycles. The van der Waals surface area contributed by atoms with Gasteiger partial charge in [-0.05, 0) is 107 Å². The summed E-state index contributed by atoms with van der Waals surface area (Å²) < 4.78 is 47.0. The predicted molar refractivity (Wildman–Crippen MR) is 287 cm³/mol. The van der Waals surface area contributed by atoms with Gasteiger partial charge in [-0.15, -0.1) is 0 Å². The van der Waals surface area contributed by atoms with Crippen LogP contribution < -0.4 is 0 Å². The van der Waals surface area contributed by atoms with Crippen LogP contribution in [0.5, 0.6) is 0 Å². The summed E-state index contributed by atoms with van der Waals surface area (Å²) in [5, 5.41) is 23.6. The van der Waals surface area contributed by atoms with E-state index in [1.807, 2.05) is 63.0 Å². The molecule has 1 amide bonds. The third-order valence-electron chi connectivity index (χ3n) is 16.6. The molecule has 0 spiro atoms. The van der Waals surface area contributed by atoms with E-state index >= 15 is 0 Å². The number of methoxy groups -OCH3 is 3. The van der Waals surface area contributed by atoms with Crippen molar-refractivity contribution in [1.82, 2.24) is 9.80 Å². The molecule has 5 aliphatic rings. The highest BCUT2D eigenvalue weighted by Crippen LogP contribution is 2.38. The van der Waals surface area contributed by atoms with Crippen molar-refractivity contribution < 1.29 is 76.9 Å². The minimum atomic E-state index is -2.45. The molecule has 77 heavy (non-hydrogen) atoms. The summed E-state index contributed by atoms with van der Waals surface area (Å²) in [6, 6.07) is -1.17. The topological polar surface area (TPSA) is 223 Å². The van der Waals surface area contributed by atoms with Crippen LogP contribution in [0.1, 0.15) is 126 Å². The van der Waals surface area contributed by atoms with E-state index < -0.39 is 77.8 Å². The molecule has 2 N–H and O–H groups in total. The fourth-order valence-corrected chi connectivity index (χ4v) is 11.6. The van der Waals surface area contributed by atoms with Crippen molar-refractivity contribution in [1.29, 1.82) is 0 Å². The monoisotopic (exact) mass is 1080 g/mol. The molecule has 2 bridgehead atoms. The number of Topliss-reactive ketones (excluding diaryl/α,β-unsaturated/α-hetero) is 3. The normalized spacial score (nSPS) is 37.3. The van der Waals surface area contributed by atoms with E-state index in [4.69, 9.17) is 37.9 Å². The van der Waals surface area contributed by atoms with Crippen molar-refractivity contribution in [2.45, 2.75) is 180 Å². The number of ether oxygens (including phenoxy) is 8. The smallest absolute Gasteiger partial charge is 0.329 e. The summed E-state index contributed by atoms with van der Waals surface area (Å²) >= 11 is 0. The second-order valence-corrected chi connectivity index (χ2v) is 22.5. The van der Waals surface area contributed by atoms with Crippen LogP contribution in [0, 0.1) is 35.5 Å². The molecule has 434 valence electrons. The Morgan fingerprint density at radius 2 is 1.57 bits per heavy atom. The fourth-order valence-electron chi connectivity index (χ4n) is 11.6. The number of hydrogen-bond donors (Lipinski definition) is 2. The SMILES string of the molecule is CO[C@H]1C[C@@H]2CC[C@@H](C)[C@@](O)(O2)C(=O)C(=O)N2CCCC[C@H]2C(=O)O[C@H]([C@H](C)C[C@H]2CC[C@@H](OCCOC(=O)CN3CCOCC3)[C@H](OC)C2)CC(=O)[C@H](C)/C=C(\C)[C@@H](O)[C@@H](OC)C(=O)[C@H](C)C[C@H](C)\C=C/C=C/C=C/1C. The number of hydrogen-bond acceptors (Lipinski definition) is 17. The third-order valence-corrected chi connectivity index (χ3v) is 16.6. The summed E-state index contributed by atoms with van der Waals surface area (Å²) in [6.45, 7) is 15.8. The number of esters is 2. The summed E-state index contributed by atoms with van der Waals surface area (Å²) in [4.78, 5) is 87.2. The molecule has 4 fully saturated rings. The van der Waals surface area contributed by atoms with Crippen molar-refractivity contribution in [2.24, 2.45) is 35.5 Å². The third kappa shape index (κ3) is 18.3. The Bertz CT molecular complexity index is 2080. The first-order chi connectivity index (χ1) is 36.7. The van der Waals surface area contributed by atoms with E-state index in [1.54, 1.807) is 41.1 Å². The lowest BCUT2D eigenvalue weighted by molar-refractivity contribution is -0.265. The number of carbonyl (C=O) groups excluding carboxylic acids is 6. The van der Waals surface area contributed by atoms with Gasteiger partial charge in [-0.3, -0.25) is 28.9 Å². The summed E-state index contributed by atoms with van der Waals surface area (Å²) in [6.07, 6.45) is 11.5. The van der Waals surface area contributed by atoms with Gasteiger partial charge in [0, 0.05) is 71.6 Å². The Morgan fingerprint density at radius 3 is 2.27 bits per heavy atom. The van der Waals surface area contributed by atoms with Crippen LogP contribution in [0.3, 0.4) is 0 Å². The molecule has 0 aromatic carbocycles. The Balaban J connectivity index is 1.38. The minimum absolute atomic E-state index is 0.00543. The van der Waals surface area contributed by atoms with Crippen LogP contribution in [-0.2, 0) is 66.7 Å². The number of cyclic esters (lactones) is 1. The zero-order valence-corrected chi connectivity index (χ0v) is 47.7. The van der Waals surface area contributed by atoms with E-state index in [1.165, 1.54) is 12.0 Å². The summed E-state index contributed by atoms with van der Waals surface area (Å²) in [5.41, 5.74) is 1.25. The van der Waals surface area contributed by atoms with Gasteiger partial charge >= 0.3 is 11.9 Å². The van der Waals surface area contributed by atoms with E-state index in [2.05, 4.69) is 0 Å². The number of aliphatic hydroxyl groups is 2. The Labute approximate surface area is 457 Å². The number of fused-ring (bicyclic) bond motifs is 3. The number of ketones is 3. The van der Waals surface area contributed by atoms with Gasteiger partial charge in [0.05, 0.1) is 50.8 Å². The molecular weight excluding hydrogens is 993 g/mol. The number of piperidine rings is 1. The number of aliphatic hydroxyl groups excluding tert-OH is 1. The highest BCUT2D eigenvalue weighted by Gasteiger charge is 2.53. The second-order valence-electron chi connectivity index (χ2n) is 22.5. The number of amides is 1. The lowest BCUT2D eigenvalue weighted by Gasteiger charge is -2.42. The quantitative estimate of drug-likeness (QED) is 0.0978. The van der Waals surface area contributed by atoms with Crippen LogP contribution in [0.2, 0.25) is 0 Å². The highest BCUT2D eigenvalue weighted by molar-refractivity contribution is 6.39. The van der Waals surface area contributed by atoms with Crippen LogP contribution in [0.15, 0.2) is 47.6 Å². The minimum Gasteiger partial charge on any atom is -0.462 e. The first kappa shape index (κ1) is 63.8. The molecule has 15 atom stereocenters. The lowest BCUT2D eigenvalue weighted by Crippen LogP contribution is -2.61. The Hall–Kier alpha value is -3.98. The Kier molecular flexibility index (Phi) is 25.8. The van der Waals surface area contributed by atoms with Crippen molar-refractivity contribution in [3.63, 3.8) is 0 Å². The predicted octanol–water partition coefficient (Wildman–Crippen LogP) is 6.08. The number of carbonyl (C=O) groups is 6. The second kappa shape index (κ2) is 31.1. The number of allylic oxidation sites excluding steroid dienone is 6. The fraction of sp³-hybridized carbons (Fsp3) is 0.763. The maximum absolute atomic E-state index is 14.6. The molecule has 0 aromatic heterocycles. The van der Waals surface area contributed by atoms with Gasteiger partial charge in [0.2, 0.25) is 5.79 Å². The van der Waals surface area contributed by atoms with Gasteiger partial charge in [0.25, 0.3) is 11.7 Å². The molecule has 0 radical (unpaired) electrons. The number of rotatable bonds is 12. The van der Waals surface area contributed by atoms with E-state index in [0.29, 0.717) is 89.7 Å². The molecule has 0 aromatic rings. The highest BCUT2D eigenvalue weighted by atomic mass is 16.6. The molecule has 1 aliphatic carbocycles. The van der Waals surface area contributed by atoms with Crippen molar-refractivity contribution in [3.05, 3.63) is 47.6 Å². The standard InChI is InChI=1S/C59H92N2O16/c1-37-16-12-11-13-17-38(2)49(70-8)34-45-21-19-43(7)59(69,77-45)56(66)57(67)61-23-15-14-18-46(61)58(68)76-50(35-47(62)39(3)31-42(6)54(65)55(72-10)53(64)41(5)30-37)40(4)32-44-20-22-48(51(33-44)71-9)74-28-29-75-52(63)36-60-24-26-73-27-25-60/h11-13,16-17,31,37,39-41,43-46,48-51,54-55,65,69H,14-15,18-30,32-36H2,1-10H3/b13-11+,16-12-,38-17+,42-31+/t37-,39-,40-,41-,43-,44-,45+,46+,48-,49+,50+,51-,54-,55+,59-/m1/s1. The maximum atomic E-state index is 14.6. The largest absolute Gasteiger partial charge is 0.462 e. The molecule has 1 saturated carbocycles. The van der Waals surface area contributed by atoms with Gasteiger partial charge in [0.1, 0.15) is 36.7 Å². The van der Waals surface area contributed by atoms with Crippen molar-refractivity contribution in [2.75, 3.05) is 73.9 Å². The molecule has 3 saturated heterocycles. The number of morpholine rings is 1. The zero-order chi connectivity index (χ0) is 56.4. The van der Waals surface area contributed by atoms with Crippen LogP contribution >= 0.6 is 0 Å². The lowest BCUT2D eigenvalue weighted by atomic mass is 9.78. The molecule has 5 rings (SSSR count). The average molecular weight is 1090 g/mol. The first-order valence-electron chi connectivity index (χ1n) is 28.3. The van der Waals surface area contributed by atoms with Gasteiger partial charge in [-0.25, -0.2) is 4.79 Å². The maximum Gasteiger partial charge on any atom is 0.329 e. The van der Waals surface area contributed by atoms with Gasteiger partial charge in [0.15, 0.2) is 5.78 Å². The average Bonchev–Trinajstić information content (AvgIpc) is 3.42. The molecule has 18 nitrogen and oxygen atoms in total. The molecule has 18 heteroatoms. The van der Waals surface area contributed by atoms with Crippen LogP contribution in [0.4, 0.5) is 0 Å². The van der Waals surface area contributed by atoms with E-state index in [0.717, 1.165) is 12.0 Å². The van der Waals surface area contributed by atoms with Crippen LogP contribution in [0.25, 0.3) is 0 Å². The van der Waals surface area contributed by atoms with Crippen LogP contribution in [-0.4, -0.2) is 184 Å². The zero-order valence-electron chi connectivity index (χ0n) is 47.7. The van der Waals surface area contributed by atoms with Gasteiger partial charge < -0.3 is 53.0 Å². The van der Waals surface area contributed by atoms with Crippen molar-refractivity contribution in [3.8, 4) is 0 Å². The van der Waals surface area contributed by atoms with Gasteiger partial charge in [-0.2, -0.15) is 0 Å². The summed E-state index contributed by atoms with van der Waals surface area (Å²) in [7, 11) is 4.59. The Morgan fingerprint density at radius 1 is 0.831 bits per heavy atom. The first-order valence-corrected chi connectivity index (χ1v) is 28.3. The number of nitrogens with zero attached hydrogens (tertiary/aromatic N) is 2. The van der Waals surface area contributed by atoms with E-state index in [9.17, 15) is 39.0 Å². The molecule has 0 unspecified atom stereocenters.